The fourth-order valence-electron chi connectivity index (χ4n) is 1.80. The van der Waals surface area contributed by atoms with E-state index in [1.807, 2.05) is 0 Å². The van der Waals surface area contributed by atoms with Gasteiger partial charge in [-0.1, -0.05) is 19.3 Å². The second kappa shape index (κ2) is 5.72. The van der Waals surface area contributed by atoms with Crippen molar-refractivity contribution in [3.63, 3.8) is 0 Å². The summed E-state index contributed by atoms with van der Waals surface area (Å²) in [7, 11) is 1.53. The van der Waals surface area contributed by atoms with Crippen molar-refractivity contribution in [1.82, 2.24) is 10.1 Å². The van der Waals surface area contributed by atoms with Crippen LogP contribution in [0.3, 0.4) is 0 Å². The molecule has 0 heterocycles. The summed E-state index contributed by atoms with van der Waals surface area (Å²) in [4.78, 5) is 11.6. The van der Waals surface area contributed by atoms with Crippen LogP contribution in [0.5, 0.6) is 0 Å². The molecule has 0 atom stereocenters. The van der Waals surface area contributed by atoms with Gasteiger partial charge in [0.15, 0.2) is 0 Å². The summed E-state index contributed by atoms with van der Waals surface area (Å²) >= 11 is 0. The van der Waals surface area contributed by atoms with Gasteiger partial charge in [0.2, 0.25) is 0 Å². The molecule has 1 aliphatic carbocycles. The molecular weight excluding hydrogens is 208 g/mol. The first-order chi connectivity index (χ1) is 7.52. The highest BCUT2D eigenvalue weighted by Gasteiger charge is 2.23. The van der Waals surface area contributed by atoms with Gasteiger partial charge in [-0.05, 0) is 12.8 Å². The smallest absolute Gasteiger partial charge is 0.273 e. The fraction of sp³-hybridized carbons (Fsp3) is 0.700. The number of carbonyl (C=O) groups is 1. The van der Waals surface area contributed by atoms with E-state index in [4.69, 9.17) is 11.6 Å². The topological polar surface area (TPSA) is 95.8 Å². The number of amides is 1. The predicted octanol–water partition coefficient (Wildman–Crippen LogP) is 0.143. The van der Waals surface area contributed by atoms with Gasteiger partial charge in [0.25, 0.3) is 5.91 Å². The lowest BCUT2D eigenvalue weighted by Gasteiger charge is -2.28. The number of nitrogens with two attached hydrogens (primary N) is 2. The molecule has 1 amide bonds. The third-order valence-electron chi connectivity index (χ3n) is 2.82. The average molecular weight is 228 g/mol. The van der Waals surface area contributed by atoms with Crippen LogP contribution in [-0.4, -0.2) is 34.3 Å². The molecular formula is C10H20N4O2. The van der Waals surface area contributed by atoms with Crippen molar-refractivity contribution >= 4 is 5.91 Å². The summed E-state index contributed by atoms with van der Waals surface area (Å²) in [5.41, 5.74) is 5.49. The van der Waals surface area contributed by atoms with E-state index in [1.54, 1.807) is 0 Å². The van der Waals surface area contributed by atoms with Gasteiger partial charge in [0.05, 0.1) is 6.04 Å². The van der Waals surface area contributed by atoms with Crippen LogP contribution in [0.1, 0.15) is 32.1 Å². The Bertz CT molecular complexity index is 272. The molecule has 1 saturated carbocycles. The lowest BCUT2D eigenvalue weighted by atomic mass is 9.95. The maximum Gasteiger partial charge on any atom is 0.273 e. The van der Waals surface area contributed by atoms with Crippen LogP contribution < -0.4 is 11.6 Å². The SMILES string of the molecule is CN(N)/C(N)=C/C(=O)N(O)C1CCCCC1. The van der Waals surface area contributed by atoms with Crippen LogP contribution in [0.25, 0.3) is 0 Å². The van der Waals surface area contributed by atoms with Gasteiger partial charge in [-0.25, -0.2) is 10.9 Å². The summed E-state index contributed by atoms with van der Waals surface area (Å²) in [6.45, 7) is 0. The Morgan fingerprint density at radius 3 is 2.44 bits per heavy atom. The van der Waals surface area contributed by atoms with Crippen LogP contribution in [0, 0.1) is 0 Å². The Hall–Kier alpha value is -1.27. The van der Waals surface area contributed by atoms with Gasteiger partial charge in [0.1, 0.15) is 5.82 Å². The Labute approximate surface area is 95.4 Å². The monoisotopic (exact) mass is 228 g/mol. The van der Waals surface area contributed by atoms with E-state index in [0.717, 1.165) is 41.8 Å². The molecule has 1 rings (SSSR count). The van der Waals surface area contributed by atoms with Crippen LogP contribution in [-0.2, 0) is 4.79 Å². The molecule has 0 saturated heterocycles. The second-order valence-electron chi connectivity index (χ2n) is 4.15. The minimum Gasteiger partial charge on any atom is -0.384 e. The number of rotatable bonds is 3. The zero-order chi connectivity index (χ0) is 12.1. The summed E-state index contributed by atoms with van der Waals surface area (Å²) in [6.07, 6.45) is 6.08. The number of nitrogens with zero attached hydrogens (tertiary/aromatic N) is 2. The molecule has 6 nitrogen and oxygen atoms in total. The molecule has 6 heteroatoms. The van der Waals surface area contributed by atoms with Crippen molar-refractivity contribution in [1.29, 1.82) is 0 Å². The highest BCUT2D eigenvalue weighted by atomic mass is 16.5. The van der Waals surface area contributed by atoms with Crippen molar-refractivity contribution in [2.24, 2.45) is 11.6 Å². The van der Waals surface area contributed by atoms with Crippen molar-refractivity contribution < 1.29 is 10.0 Å². The molecule has 16 heavy (non-hydrogen) atoms. The van der Waals surface area contributed by atoms with Gasteiger partial charge >= 0.3 is 0 Å². The minimum absolute atomic E-state index is 0.0895. The number of carbonyl (C=O) groups excluding carboxylic acids is 1. The average Bonchev–Trinajstić information content (AvgIpc) is 2.28. The number of hydroxylamine groups is 2. The quantitative estimate of drug-likeness (QED) is 0.276. The van der Waals surface area contributed by atoms with E-state index >= 15 is 0 Å². The molecule has 0 bridgehead atoms. The van der Waals surface area contributed by atoms with Crippen molar-refractivity contribution in [3.8, 4) is 0 Å². The first-order valence-electron chi connectivity index (χ1n) is 5.50. The Morgan fingerprint density at radius 2 is 1.94 bits per heavy atom. The summed E-state index contributed by atoms with van der Waals surface area (Å²) in [6, 6.07) is -0.0895. The molecule has 0 spiro atoms. The van der Waals surface area contributed by atoms with E-state index < -0.39 is 5.91 Å². The molecule has 1 fully saturated rings. The Kier molecular flexibility index (Phi) is 4.57. The van der Waals surface area contributed by atoms with Crippen LogP contribution in [0.15, 0.2) is 11.9 Å². The number of hydrogen-bond donors (Lipinski definition) is 3. The van der Waals surface area contributed by atoms with Gasteiger partial charge < -0.3 is 5.73 Å². The zero-order valence-electron chi connectivity index (χ0n) is 9.59. The third-order valence-corrected chi connectivity index (χ3v) is 2.82. The first kappa shape index (κ1) is 12.8. The van der Waals surface area contributed by atoms with Crippen molar-refractivity contribution in [2.75, 3.05) is 7.05 Å². The molecule has 92 valence electrons. The molecule has 0 aromatic heterocycles. The van der Waals surface area contributed by atoms with Gasteiger partial charge in [0, 0.05) is 13.1 Å². The van der Waals surface area contributed by atoms with Crippen LogP contribution in [0.2, 0.25) is 0 Å². The lowest BCUT2D eigenvalue weighted by Crippen LogP contribution is -2.39. The number of hydrogen-bond acceptors (Lipinski definition) is 5. The molecule has 1 aliphatic rings. The molecule has 5 N–H and O–H groups in total. The normalized spacial score (nSPS) is 18.3. The predicted molar refractivity (Wildman–Crippen MR) is 59.7 cm³/mol. The highest BCUT2D eigenvalue weighted by Crippen LogP contribution is 2.21. The van der Waals surface area contributed by atoms with E-state index in [2.05, 4.69) is 0 Å². The van der Waals surface area contributed by atoms with Crippen LogP contribution >= 0.6 is 0 Å². The Morgan fingerprint density at radius 1 is 1.38 bits per heavy atom. The van der Waals surface area contributed by atoms with Gasteiger partial charge in [-0.2, -0.15) is 0 Å². The summed E-state index contributed by atoms with van der Waals surface area (Å²) < 4.78 is 0. The van der Waals surface area contributed by atoms with E-state index in [-0.39, 0.29) is 11.9 Å². The zero-order valence-corrected chi connectivity index (χ0v) is 9.59. The van der Waals surface area contributed by atoms with Gasteiger partial charge in [-0.15, -0.1) is 0 Å². The second-order valence-corrected chi connectivity index (χ2v) is 4.15. The molecule has 0 unspecified atom stereocenters. The highest BCUT2D eigenvalue weighted by molar-refractivity contribution is 5.87. The molecule has 0 aliphatic heterocycles. The largest absolute Gasteiger partial charge is 0.384 e. The van der Waals surface area contributed by atoms with Crippen molar-refractivity contribution in [3.05, 3.63) is 11.9 Å². The van der Waals surface area contributed by atoms with Gasteiger partial charge in [-0.3, -0.25) is 15.0 Å². The maximum absolute atomic E-state index is 11.6. The lowest BCUT2D eigenvalue weighted by molar-refractivity contribution is -0.172. The van der Waals surface area contributed by atoms with E-state index in [1.165, 1.54) is 13.5 Å². The molecule has 0 radical (unpaired) electrons. The van der Waals surface area contributed by atoms with E-state index in [9.17, 15) is 10.0 Å². The molecule has 0 aromatic rings. The summed E-state index contributed by atoms with van der Waals surface area (Å²) in [5, 5.41) is 11.6. The number of hydrazine groups is 1. The molecule has 0 aromatic carbocycles. The first-order valence-corrected chi connectivity index (χ1v) is 5.50. The minimum atomic E-state index is -0.512. The van der Waals surface area contributed by atoms with Crippen LogP contribution in [0.4, 0.5) is 0 Å². The Balaban J connectivity index is 2.55. The fourth-order valence-corrected chi connectivity index (χ4v) is 1.80. The standard InChI is InChI=1S/C10H20N4O2/c1-13(12)9(11)7-10(15)14(16)8-5-3-2-4-6-8/h7-8,16H,2-6,11-12H2,1H3/b9-7+. The van der Waals surface area contributed by atoms with Crippen molar-refractivity contribution in [2.45, 2.75) is 38.1 Å². The summed E-state index contributed by atoms with van der Waals surface area (Å²) in [5.74, 6) is 4.96. The maximum atomic E-state index is 11.6. The van der Waals surface area contributed by atoms with E-state index in [0.29, 0.717) is 0 Å². The third kappa shape index (κ3) is 3.39.